The summed E-state index contributed by atoms with van der Waals surface area (Å²) < 4.78 is 11.3. The Morgan fingerprint density at radius 3 is 2.67 bits per heavy atom. The molecule has 122 valence electrons. The Balaban J connectivity index is 2.38. The number of aliphatic hydroxyl groups excluding tert-OH is 1. The summed E-state index contributed by atoms with van der Waals surface area (Å²) in [5, 5.41) is 12.6. The third kappa shape index (κ3) is 7.64. The van der Waals surface area contributed by atoms with Crippen molar-refractivity contribution in [1.82, 2.24) is 0 Å². The molecule has 1 saturated heterocycles. The molecule has 1 fully saturated rings. The van der Waals surface area contributed by atoms with Gasteiger partial charge in [0.25, 0.3) is 0 Å². The Labute approximate surface area is 126 Å². The monoisotopic (exact) mass is 300 g/mol. The van der Waals surface area contributed by atoms with Crippen LogP contribution in [0.15, 0.2) is 5.11 Å². The number of unbranched alkanes of at least 4 members (excludes halogenated alkanes) is 1. The highest BCUT2D eigenvalue weighted by molar-refractivity contribution is 4.73. The fourth-order valence-electron chi connectivity index (χ4n) is 2.85. The van der Waals surface area contributed by atoms with Crippen molar-refractivity contribution in [3.05, 3.63) is 10.4 Å². The van der Waals surface area contributed by atoms with Crippen LogP contribution in [0.3, 0.4) is 0 Å². The van der Waals surface area contributed by atoms with E-state index in [1.807, 2.05) is 0 Å². The maximum atomic E-state index is 9.04. The first kappa shape index (κ1) is 18.2. The van der Waals surface area contributed by atoms with Crippen molar-refractivity contribution in [2.24, 2.45) is 22.7 Å². The van der Waals surface area contributed by atoms with E-state index in [-0.39, 0.29) is 18.9 Å². The minimum absolute atomic E-state index is 0.0254. The molecule has 0 radical (unpaired) electrons. The van der Waals surface area contributed by atoms with E-state index >= 15 is 0 Å². The van der Waals surface area contributed by atoms with Crippen LogP contribution in [0.5, 0.6) is 0 Å². The molecule has 0 amide bonds. The topological polar surface area (TPSA) is 113 Å². The Hall–Kier alpha value is -0.850. The van der Waals surface area contributed by atoms with Crippen LogP contribution in [0.2, 0.25) is 0 Å². The van der Waals surface area contributed by atoms with E-state index in [9.17, 15) is 0 Å². The van der Waals surface area contributed by atoms with Gasteiger partial charge in [0.2, 0.25) is 0 Å². The lowest BCUT2D eigenvalue weighted by Crippen LogP contribution is -2.29. The molecule has 1 heterocycles. The number of aliphatic hydroxyl groups is 1. The van der Waals surface area contributed by atoms with E-state index < -0.39 is 0 Å². The number of hydrogen-bond donors (Lipinski definition) is 2. The summed E-state index contributed by atoms with van der Waals surface area (Å²) in [4.78, 5) is 2.76. The van der Waals surface area contributed by atoms with Crippen molar-refractivity contribution in [3.63, 3.8) is 0 Å². The van der Waals surface area contributed by atoms with Crippen LogP contribution < -0.4 is 5.73 Å². The molecule has 0 aliphatic carbocycles. The second-order valence-corrected chi connectivity index (χ2v) is 5.84. The molecule has 21 heavy (non-hydrogen) atoms. The zero-order valence-corrected chi connectivity index (χ0v) is 12.9. The minimum Gasteiger partial charge on any atom is -0.395 e. The molecule has 7 heteroatoms. The summed E-state index contributed by atoms with van der Waals surface area (Å²) in [6, 6.07) is -0.156. The third-order valence-corrected chi connectivity index (χ3v) is 3.82. The quantitative estimate of drug-likeness (QED) is 0.263. The molecule has 1 aliphatic heterocycles. The maximum Gasteiger partial charge on any atom is 0.160 e. The standard InChI is InChI=1S/C14H28N4O3/c1-11(9-13(15)10-19)8-12(14-20-6-7-21-14)4-2-3-5-17-18-16/h11-14,19H,2-10,15H2,1H3/t11-,12?,13-/m1/s1. The highest BCUT2D eigenvalue weighted by Crippen LogP contribution is 2.28. The van der Waals surface area contributed by atoms with Crippen molar-refractivity contribution in [2.45, 2.75) is 51.4 Å². The van der Waals surface area contributed by atoms with Crippen LogP contribution in [-0.4, -0.2) is 43.8 Å². The second kappa shape index (κ2) is 10.8. The Kier molecular flexibility index (Phi) is 9.37. The lowest BCUT2D eigenvalue weighted by Gasteiger charge is -2.26. The fraction of sp³-hybridized carbons (Fsp3) is 1.00. The number of azide groups is 1. The van der Waals surface area contributed by atoms with Crippen molar-refractivity contribution in [3.8, 4) is 0 Å². The molecule has 3 atom stereocenters. The van der Waals surface area contributed by atoms with E-state index in [1.165, 1.54) is 0 Å². The Bertz CT molecular complexity index is 317. The second-order valence-electron chi connectivity index (χ2n) is 5.84. The molecule has 0 bridgehead atoms. The van der Waals surface area contributed by atoms with Gasteiger partial charge in [-0.15, -0.1) is 0 Å². The highest BCUT2D eigenvalue weighted by Gasteiger charge is 2.28. The Morgan fingerprint density at radius 1 is 1.33 bits per heavy atom. The van der Waals surface area contributed by atoms with Crippen molar-refractivity contribution >= 4 is 0 Å². The molecule has 1 rings (SSSR count). The summed E-state index contributed by atoms with van der Waals surface area (Å²) in [7, 11) is 0. The maximum absolute atomic E-state index is 9.04. The van der Waals surface area contributed by atoms with Crippen LogP contribution >= 0.6 is 0 Å². The molecule has 1 unspecified atom stereocenters. The summed E-state index contributed by atoms with van der Waals surface area (Å²) in [6.45, 7) is 4.03. The third-order valence-electron chi connectivity index (χ3n) is 3.82. The molecule has 0 aromatic rings. The van der Waals surface area contributed by atoms with E-state index in [0.717, 1.165) is 32.1 Å². The Morgan fingerprint density at radius 2 is 2.05 bits per heavy atom. The van der Waals surface area contributed by atoms with Gasteiger partial charge in [0.15, 0.2) is 6.29 Å². The van der Waals surface area contributed by atoms with E-state index in [4.69, 9.17) is 25.8 Å². The minimum atomic E-state index is -0.156. The van der Waals surface area contributed by atoms with Gasteiger partial charge in [-0.05, 0) is 37.1 Å². The van der Waals surface area contributed by atoms with E-state index in [2.05, 4.69) is 16.9 Å². The lowest BCUT2D eigenvalue weighted by molar-refractivity contribution is -0.0916. The van der Waals surface area contributed by atoms with Crippen LogP contribution in [0, 0.1) is 11.8 Å². The summed E-state index contributed by atoms with van der Waals surface area (Å²) >= 11 is 0. The normalized spacial score (nSPS) is 20.0. The van der Waals surface area contributed by atoms with Crippen LogP contribution in [0.1, 0.15) is 39.0 Å². The van der Waals surface area contributed by atoms with Crippen molar-refractivity contribution in [1.29, 1.82) is 0 Å². The zero-order valence-electron chi connectivity index (χ0n) is 12.9. The SMILES string of the molecule is C[C@H](CC(CCCCN=[N+]=[N-])C1OCCO1)C[C@@H](N)CO. The van der Waals surface area contributed by atoms with Crippen LogP contribution in [0.4, 0.5) is 0 Å². The first-order valence-electron chi connectivity index (χ1n) is 7.77. The number of rotatable bonds is 11. The number of nitrogens with two attached hydrogens (primary N) is 1. The molecule has 7 nitrogen and oxygen atoms in total. The van der Waals surface area contributed by atoms with E-state index in [1.54, 1.807) is 0 Å². The number of hydrogen-bond acceptors (Lipinski definition) is 5. The molecule has 0 aromatic heterocycles. The zero-order chi connectivity index (χ0) is 15.5. The predicted octanol–water partition coefficient (Wildman–Crippen LogP) is 2.19. The molecule has 0 spiro atoms. The van der Waals surface area contributed by atoms with Gasteiger partial charge in [0, 0.05) is 23.4 Å². The van der Waals surface area contributed by atoms with Gasteiger partial charge in [-0.25, -0.2) is 0 Å². The molecule has 0 aromatic carbocycles. The molecule has 1 aliphatic rings. The molecule has 3 N–H and O–H groups in total. The summed E-state index contributed by atoms with van der Waals surface area (Å²) in [6.07, 6.45) is 4.52. The average molecular weight is 300 g/mol. The summed E-state index contributed by atoms with van der Waals surface area (Å²) in [5.74, 6) is 0.751. The van der Waals surface area contributed by atoms with Gasteiger partial charge in [-0.2, -0.15) is 0 Å². The molecular weight excluding hydrogens is 272 g/mol. The largest absolute Gasteiger partial charge is 0.395 e. The van der Waals surface area contributed by atoms with Crippen molar-refractivity contribution in [2.75, 3.05) is 26.4 Å². The van der Waals surface area contributed by atoms with Gasteiger partial charge in [-0.1, -0.05) is 18.5 Å². The van der Waals surface area contributed by atoms with Gasteiger partial charge in [-0.3, -0.25) is 0 Å². The van der Waals surface area contributed by atoms with Gasteiger partial charge < -0.3 is 20.3 Å². The van der Waals surface area contributed by atoms with E-state index in [0.29, 0.717) is 31.6 Å². The van der Waals surface area contributed by atoms with Gasteiger partial charge >= 0.3 is 0 Å². The predicted molar refractivity (Wildman–Crippen MR) is 80.5 cm³/mol. The van der Waals surface area contributed by atoms with Crippen molar-refractivity contribution < 1.29 is 14.6 Å². The smallest absolute Gasteiger partial charge is 0.160 e. The molecule has 0 saturated carbocycles. The van der Waals surface area contributed by atoms with Gasteiger partial charge in [0.05, 0.1) is 19.8 Å². The first-order valence-corrected chi connectivity index (χ1v) is 7.77. The lowest BCUT2D eigenvalue weighted by atomic mass is 9.87. The fourth-order valence-corrected chi connectivity index (χ4v) is 2.85. The van der Waals surface area contributed by atoms with Crippen LogP contribution in [0.25, 0.3) is 10.4 Å². The summed E-state index contributed by atoms with van der Waals surface area (Å²) in [5.41, 5.74) is 14.1. The first-order chi connectivity index (χ1) is 10.2. The highest BCUT2D eigenvalue weighted by atomic mass is 16.7. The number of ether oxygens (including phenoxy) is 2. The van der Waals surface area contributed by atoms with Crippen LogP contribution in [-0.2, 0) is 9.47 Å². The molecular formula is C14H28N4O3. The number of nitrogens with zero attached hydrogens (tertiary/aromatic N) is 3. The van der Waals surface area contributed by atoms with Gasteiger partial charge in [0.1, 0.15) is 0 Å². The average Bonchev–Trinajstić information content (AvgIpc) is 2.99.